The largest absolute Gasteiger partial charge is 0.318 e. The second-order valence-corrected chi connectivity index (χ2v) is 6.99. The fourth-order valence-electron chi connectivity index (χ4n) is 3.43. The van der Waals surface area contributed by atoms with Gasteiger partial charge in [-0.15, -0.1) is 0 Å². The maximum absolute atomic E-state index is 9.64. The third-order valence-corrected chi connectivity index (χ3v) is 4.85. The molecule has 0 aliphatic heterocycles. The quantitative estimate of drug-likeness (QED) is 0.531. The van der Waals surface area contributed by atoms with E-state index < -0.39 is 0 Å². The van der Waals surface area contributed by atoms with E-state index in [0.717, 1.165) is 16.8 Å². The average Bonchev–Trinajstić information content (AvgIpc) is 2.88. The second kappa shape index (κ2) is 7.06. The third-order valence-electron chi connectivity index (χ3n) is 4.85. The summed E-state index contributed by atoms with van der Waals surface area (Å²) in [5.74, 6) is 0. The highest BCUT2D eigenvalue weighted by Crippen LogP contribution is 2.27. The van der Waals surface area contributed by atoms with Gasteiger partial charge in [-0.1, -0.05) is 47.5 Å². The minimum atomic E-state index is 0.686. The molecular weight excluding hydrogens is 316 g/mol. The first-order valence-corrected chi connectivity index (χ1v) is 8.86. The Bertz CT molecular complexity index is 1030. The Morgan fingerprint density at radius 3 is 2.15 bits per heavy atom. The van der Waals surface area contributed by atoms with Crippen molar-refractivity contribution >= 4 is 11.6 Å². The molecule has 0 spiro atoms. The van der Waals surface area contributed by atoms with Crippen LogP contribution in [-0.4, -0.2) is 4.57 Å². The van der Waals surface area contributed by atoms with Gasteiger partial charge in [0.15, 0.2) is 0 Å². The van der Waals surface area contributed by atoms with E-state index in [-0.39, 0.29) is 0 Å². The van der Waals surface area contributed by atoms with Crippen LogP contribution >= 0.6 is 0 Å². The Morgan fingerprint density at radius 1 is 0.885 bits per heavy atom. The van der Waals surface area contributed by atoms with Gasteiger partial charge in [-0.25, -0.2) is 0 Å². The molecule has 1 heterocycles. The SMILES string of the molecule is Cc1ccc(/C(C#N)=C/c2cc(C)n(-c3ccc(C)cc3C)c2C)cc1. The number of hydrogen-bond donors (Lipinski definition) is 0. The maximum Gasteiger partial charge on any atom is 0.0998 e. The maximum atomic E-state index is 9.64. The van der Waals surface area contributed by atoms with Crippen molar-refractivity contribution in [2.45, 2.75) is 34.6 Å². The van der Waals surface area contributed by atoms with E-state index in [1.165, 1.54) is 28.1 Å². The number of rotatable bonds is 3. The highest BCUT2D eigenvalue weighted by atomic mass is 15.0. The minimum absolute atomic E-state index is 0.686. The third kappa shape index (κ3) is 3.34. The van der Waals surface area contributed by atoms with E-state index >= 15 is 0 Å². The topological polar surface area (TPSA) is 28.7 Å². The van der Waals surface area contributed by atoms with Crippen LogP contribution in [0.4, 0.5) is 0 Å². The van der Waals surface area contributed by atoms with Gasteiger partial charge in [0.05, 0.1) is 11.6 Å². The fourth-order valence-corrected chi connectivity index (χ4v) is 3.43. The van der Waals surface area contributed by atoms with Gasteiger partial charge in [-0.2, -0.15) is 5.26 Å². The number of benzene rings is 2. The molecule has 0 saturated heterocycles. The summed E-state index contributed by atoms with van der Waals surface area (Å²) in [4.78, 5) is 0. The summed E-state index contributed by atoms with van der Waals surface area (Å²) in [5.41, 5.74) is 9.94. The van der Waals surface area contributed by atoms with E-state index in [1.54, 1.807) is 0 Å². The zero-order chi connectivity index (χ0) is 18.8. The molecule has 0 bridgehead atoms. The Labute approximate surface area is 156 Å². The Kier molecular flexibility index (Phi) is 4.82. The van der Waals surface area contributed by atoms with Crippen molar-refractivity contribution in [1.29, 1.82) is 5.26 Å². The standard InChI is InChI=1S/C24H24N2/c1-16-6-9-21(10-7-16)23(15-25)14-22-13-19(4)26(20(22)5)24-11-8-17(2)12-18(24)3/h6-14H,1-5H3/b23-14+. The molecule has 0 N–H and O–H groups in total. The highest BCUT2D eigenvalue weighted by molar-refractivity contribution is 5.90. The fraction of sp³-hybridized carbons (Fsp3) is 0.208. The first-order valence-electron chi connectivity index (χ1n) is 8.86. The van der Waals surface area contributed by atoms with Gasteiger partial charge in [-0.05, 0) is 69.5 Å². The molecule has 3 rings (SSSR count). The first-order chi connectivity index (χ1) is 12.4. The summed E-state index contributed by atoms with van der Waals surface area (Å²) in [6, 6.07) is 19.1. The van der Waals surface area contributed by atoms with E-state index in [4.69, 9.17) is 0 Å². The normalized spacial score (nSPS) is 11.5. The van der Waals surface area contributed by atoms with Gasteiger partial charge in [0, 0.05) is 17.1 Å². The molecule has 0 radical (unpaired) electrons. The molecule has 2 nitrogen and oxygen atoms in total. The number of nitriles is 1. The van der Waals surface area contributed by atoms with Gasteiger partial charge in [-0.3, -0.25) is 0 Å². The molecule has 0 aliphatic rings. The summed E-state index contributed by atoms with van der Waals surface area (Å²) in [7, 11) is 0. The van der Waals surface area contributed by atoms with Crippen LogP contribution in [0.3, 0.4) is 0 Å². The molecule has 0 unspecified atom stereocenters. The number of aromatic nitrogens is 1. The molecule has 2 heteroatoms. The lowest BCUT2D eigenvalue weighted by atomic mass is 10.0. The van der Waals surface area contributed by atoms with Gasteiger partial charge in [0.1, 0.15) is 0 Å². The predicted octanol–water partition coefficient (Wildman–Crippen LogP) is 6.08. The van der Waals surface area contributed by atoms with E-state index in [0.29, 0.717) is 5.57 Å². The van der Waals surface area contributed by atoms with Crippen LogP contribution in [0.15, 0.2) is 48.5 Å². The number of aryl methyl sites for hydroxylation is 4. The van der Waals surface area contributed by atoms with Crippen molar-refractivity contribution in [3.63, 3.8) is 0 Å². The Balaban J connectivity index is 2.10. The zero-order valence-corrected chi connectivity index (χ0v) is 16.1. The molecular formula is C24H24N2. The molecule has 0 fully saturated rings. The summed E-state index contributed by atoms with van der Waals surface area (Å²) in [6.07, 6.45) is 1.99. The summed E-state index contributed by atoms with van der Waals surface area (Å²) in [5, 5.41) is 9.64. The summed E-state index contributed by atoms with van der Waals surface area (Å²) >= 11 is 0. The van der Waals surface area contributed by atoms with Crippen LogP contribution < -0.4 is 0 Å². The monoisotopic (exact) mass is 340 g/mol. The van der Waals surface area contributed by atoms with E-state index in [9.17, 15) is 5.26 Å². The predicted molar refractivity (Wildman–Crippen MR) is 109 cm³/mol. The van der Waals surface area contributed by atoms with Crippen LogP contribution in [0.25, 0.3) is 17.3 Å². The van der Waals surface area contributed by atoms with Crippen LogP contribution in [-0.2, 0) is 0 Å². The van der Waals surface area contributed by atoms with Crippen molar-refractivity contribution in [1.82, 2.24) is 4.57 Å². The van der Waals surface area contributed by atoms with Crippen molar-refractivity contribution in [3.05, 3.63) is 87.7 Å². The molecule has 0 aliphatic carbocycles. The molecule has 0 amide bonds. The molecule has 2 aromatic carbocycles. The lowest BCUT2D eigenvalue weighted by Gasteiger charge is -2.13. The highest BCUT2D eigenvalue weighted by Gasteiger charge is 2.12. The molecule has 3 aromatic rings. The smallest absolute Gasteiger partial charge is 0.0998 e. The molecule has 1 aromatic heterocycles. The van der Waals surface area contributed by atoms with Crippen LogP contribution in [0.2, 0.25) is 0 Å². The second-order valence-electron chi connectivity index (χ2n) is 6.99. The molecule has 130 valence electrons. The van der Waals surface area contributed by atoms with Crippen LogP contribution in [0.5, 0.6) is 0 Å². The lowest BCUT2D eigenvalue weighted by Crippen LogP contribution is -2.01. The van der Waals surface area contributed by atoms with Crippen LogP contribution in [0, 0.1) is 45.9 Å². The minimum Gasteiger partial charge on any atom is -0.318 e. The van der Waals surface area contributed by atoms with Gasteiger partial charge in [0.25, 0.3) is 0 Å². The summed E-state index contributed by atoms with van der Waals surface area (Å²) in [6.45, 7) is 10.5. The van der Waals surface area contributed by atoms with Gasteiger partial charge >= 0.3 is 0 Å². The Morgan fingerprint density at radius 2 is 1.54 bits per heavy atom. The van der Waals surface area contributed by atoms with E-state index in [1.807, 2.05) is 30.3 Å². The summed E-state index contributed by atoms with van der Waals surface area (Å²) < 4.78 is 2.27. The number of allylic oxidation sites excluding steroid dienone is 1. The van der Waals surface area contributed by atoms with Crippen molar-refractivity contribution in [2.24, 2.45) is 0 Å². The Hall–Kier alpha value is -3.05. The van der Waals surface area contributed by atoms with Gasteiger partial charge < -0.3 is 4.57 Å². The van der Waals surface area contributed by atoms with E-state index in [2.05, 4.69) is 69.5 Å². The first kappa shape index (κ1) is 17.8. The van der Waals surface area contributed by atoms with Crippen molar-refractivity contribution in [3.8, 4) is 11.8 Å². The molecule has 0 atom stereocenters. The average molecular weight is 340 g/mol. The van der Waals surface area contributed by atoms with Gasteiger partial charge in [0.2, 0.25) is 0 Å². The number of nitrogens with zero attached hydrogens (tertiary/aromatic N) is 2. The van der Waals surface area contributed by atoms with Crippen molar-refractivity contribution in [2.75, 3.05) is 0 Å². The van der Waals surface area contributed by atoms with Crippen LogP contribution in [0.1, 0.15) is 39.2 Å². The lowest BCUT2D eigenvalue weighted by molar-refractivity contribution is 0.952. The zero-order valence-electron chi connectivity index (χ0n) is 16.1. The molecule has 26 heavy (non-hydrogen) atoms. The van der Waals surface area contributed by atoms with Crippen molar-refractivity contribution < 1.29 is 0 Å². The molecule has 0 saturated carbocycles. The number of hydrogen-bond acceptors (Lipinski definition) is 1.